The van der Waals surface area contributed by atoms with Crippen LogP contribution in [0.4, 0.5) is 0 Å². The molecule has 1 saturated carbocycles. The van der Waals surface area contributed by atoms with Crippen molar-refractivity contribution >= 4 is 0 Å². The van der Waals surface area contributed by atoms with E-state index >= 15 is 0 Å². The van der Waals surface area contributed by atoms with Crippen LogP contribution in [0.3, 0.4) is 0 Å². The van der Waals surface area contributed by atoms with Gasteiger partial charge in [0.2, 0.25) is 0 Å². The first-order chi connectivity index (χ1) is 6.08. The zero-order valence-corrected chi connectivity index (χ0v) is 8.39. The number of hydrogen-bond acceptors (Lipinski definition) is 1. The summed E-state index contributed by atoms with van der Waals surface area (Å²) >= 11 is 0. The maximum Gasteiger partial charge on any atom is 0.124 e. The average molecular weight is 174 g/mol. The zero-order chi connectivity index (χ0) is 9.64. The molecule has 68 valence electrons. The predicted octanol–water partition coefficient (Wildman–Crippen LogP) is 2.26. The van der Waals surface area contributed by atoms with E-state index in [1.807, 2.05) is 11.6 Å². The van der Waals surface area contributed by atoms with E-state index < -0.39 is 0 Å². The molecule has 2 rings (SSSR count). The van der Waals surface area contributed by atoms with Crippen molar-refractivity contribution in [1.29, 1.82) is 5.26 Å². The summed E-state index contributed by atoms with van der Waals surface area (Å²) in [6, 6.07) is 2.29. The molecule has 0 atom stereocenters. The lowest BCUT2D eigenvalue weighted by Crippen LogP contribution is -2.04. The highest BCUT2D eigenvalue weighted by Crippen LogP contribution is 2.50. The first-order valence-corrected chi connectivity index (χ1v) is 4.65. The second-order valence-electron chi connectivity index (χ2n) is 4.32. The lowest BCUT2D eigenvalue weighted by molar-refractivity contribution is 0.769. The van der Waals surface area contributed by atoms with Gasteiger partial charge in [-0.1, -0.05) is 6.92 Å². The second kappa shape index (κ2) is 2.38. The van der Waals surface area contributed by atoms with Crippen molar-refractivity contribution in [3.8, 4) is 6.07 Å². The lowest BCUT2D eigenvalue weighted by atomic mass is 9.95. The summed E-state index contributed by atoms with van der Waals surface area (Å²) in [5.74, 6) is 0. The fourth-order valence-corrected chi connectivity index (χ4v) is 2.12. The van der Waals surface area contributed by atoms with Gasteiger partial charge in [0.15, 0.2) is 0 Å². The topological polar surface area (TPSA) is 28.7 Å². The van der Waals surface area contributed by atoms with Gasteiger partial charge in [0.1, 0.15) is 11.8 Å². The van der Waals surface area contributed by atoms with Gasteiger partial charge in [-0.25, -0.2) is 0 Å². The Hall–Kier alpha value is -1.23. The molecule has 0 amide bonds. The molecule has 1 heterocycles. The minimum Gasteiger partial charge on any atom is -0.342 e. The lowest BCUT2D eigenvalue weighted by Gasteiger charge is -2.08. The van der Waals surface area contributed by atoms with Gasteiger partial charge >= 0.3 is 0 Å². The van der Waals surface area contributed by atoms with Crippen LogP contribution in [-0.2, 0) is 12.5 Å². The van der Waals surface area contributed by atoms with Crippen LogP contribution in [0.5, 0.6) is 0 Å². The molecule has 0 aromatic carbocycles. The van der Waals surface area contributed by atoms with E-state index in [4.69, 9.17) is 5.26 Å². The molecular formula is C11H14N2. The number of aromatic nitrogens is 1. The van der Waals surface area contributed by atoms with Crippen molar-refractivity contribution in [3.63, 3.8) is 0 Å². The summed E-state index contributed by atoms with van der Waals surface area (Å²) in [5, 5.41) is 9.03. The molecule has 2 nitrogen and oxygen atoms in total. The molecule has 1 aliphatic rings. The minimum atomic E-state index is 0.302. The number of aryl methyl sites for hydroxylation is 2. The number of nitriles is 1. The maximum atomic E-state index is 9.03. The van der Waals surface area contributed by atoms with Crippen molar-refractivity contribution in [2.75, 3.05) is 0 Å². The van der Waals surface area contributed by atoms with E-state index in [9.17, 15) is 0 Å². The van der Waals surface area contributed by atoms with E-state index in [-0.39, 0.29) is 0 Å². The molecule has 1 aromatic heterocycles. The van der Waals surface area contributed by atoms with Gasteiger partial charge in [0, 0.05) is 13.2 Å². The van der Waals surface area contributed by atoms with Crippen LogP contribution in [0, 0.1) is 18.3 Å². The molecule has 2 heteroatoms. The van der Waals surface area contributed by atoms with E-state index in [1.54, 1.807) is 0 Å². The maximum absolute atomic E-state index is 9.03. The second-order valence-corrected chi connectivity index (χ2v) is 4.32. The first kappa shape index (κ1) is 8.37. The SMILES string of the molecule is Cc1cn(C)c(C#N)c1C1(C)CC1. The van der Waals surface area contributed by atoms with Gasteiger partial charge in [0.05, 0.1) is 0 Å². The van der Waals surface area contributed by atoms with Crippen LogP contribution in [0.25, 0.3) is 0 Å². The smallest absolute Gasteiger partial charge is 0.124 e. The monoisotopic (exact) mass is 174 g/mol. The van der Waals surface area contributed by atoms with Crippen molar-refractivity contribution in [3.05, 3.63) is 23.0 Å². The molecule has 0 spiro atoms. The summed E-state index contributed by atoms with van der Waals surface area (Å²) in [5.41, 5.74) is 3.69. The number of hydrogen-bond donors (Lipinski definition) is 0. The van der Waals surface area contributed by atoms with Gasteiger partial charge < -0.3 is 4.57 Å². The van der Waals surface area contributed by atoms with Crippen molar-refractivity contribution in [1.82, 2.24) is 4.57 Å². The van der Waals surface area contributed by atoms with Crippen LogP contribution in [0.1, 0.15) is 36.6 Å². The highest BCUT2D eigenvalue weighted by Gasteiger charge is 2.42. The van der Waals surface area contributed by atoms with Crippen LogP contribution < -0.4 is 0 Å². The van der Waals surface area contributed by atoms with Crippen LogP contribution in [0.2, 0.25) is 0 Å². The molecule has 0 saturated heterocycles. The van der Waals surface area contributed by atoms with E-state index in [2.05, 4.69) is 26.1 Å². The third-order valence-electron chi connectivity index (χ3n) is 3.08. The van der Waals surface area contributed by atoms with Gasteiger partial charge in [-0.3, -0.25) is 0 Å². The zero-order valence-electron chi connectivity index (χ0n) is 8.39. The first-order valence-electron chi connectivity index (χ1n) is 4.65. The van der Waals surface area contributed by atoms with Gasteiger partial charge in [-0.15, -0.1) is 0 Å². The molecule has 0 unspecified atom stereocenters. The van der Waals surface area contributed by atoms with Crippen LogP contribution >= 0.6 is 0 Å². The van der Waals surface area contributed by atoms with Crippen molar-refractivity contribution in [2.24, 2.45) is 7.05 Å². The quantitative estimate of drug-likeness (QED) is 0.642. The molecule has 1 aromatic rings. The highest BCUT2D eigenvalue weighted by molar-refractivity contribution is 5.47. The molecule has 0 bridgehead atoms. The van der Waals surface area contributed by atoms with Gasteiger partial charge in [-0.05, 0) is 36.3 Å². The molecular weight excluding hydrogens is 160 g/mol. The van der Waals surface area contributed by atoms with E-state index in [0.29, 0.717) is 5.41 Å². The molecule has 0 aliphatic heterocycles. The Morgan fingerprint density at radius 2 is 2.15 bits per heavy atom. The fourth-order valence-electron chi connectivity index (χ4n) is 2.12. The van der Waals surface area contributed by atoms with Gasteiger partial charge in [0.25, 0.3) is 0 Å². The van der Waals surface area contributed by atoms with E-state index in [1.165, 1.54) is 24.0 Å². The predicted molar refractivity (Wildman–Crippen MR) is 51.5 cm³/mol. The molecule has 1 aliphatic carbocycles. The molecule has 0 radical (unpaired) electrons. The van der Waals surface area contributed by atoms with Crippen LogP contribution in [0.15, 0.2) is 6.20 Å². The fraction of sp³-hybridized carbons (Fsp3) is 0.545. The third-order valence-corrected chi connectivity index (χ3v) is 3.08. The molecule has 1 fully saturated rings. The largest absolute Gasteiger partial charge is 0.342 e. The minimum absolute atomic E-state index is 0.302. The summed E-state index contributed by atoms with van der Waals surface area (Å²) in [4.78, 5) is 0. The van der Waals surface area contributed by atoms with Crippen LogP contribution in [-0.4, -0.2) is 4.57 Å². The Labute approximate surface area is 78.8 Å². The Kier molecular flexibility index (Phi) is 1.53. The average Bonchev–Trinajstić information content (AvgIpc) is 2.71. The molecule has 13 heavy (non-hydrogen) atoms. The summed E-state index contributed by atoms with van der Waals surface area (Å²) in [7, 11) is 1.95. The summed E-state index contributed by atoms with van der Waals surface area (Å²) < 4.78 is 1.94. The Bertz CT molecular complexity index is 389. The standard InChI is InChI=1S/C11H14N2/c1-8-7-13(3)9(6-12)10(8)11(2)4-5-11/h7H,4-5H2,1-3H3. The summed E-state index contributed by atoms with van der Waals surface area (Å²) in [6.45, 7) is 4.34. The number of rotatable bonds is 1. The Morgan fingerprint density at radius 3 is 2.62 bits per heavy atom. The summed E-state index contributed by atoms with van der Waals surface area (Å²) in [6.07, 6.45) is 4.51. The number of nitrogens with zero attached hydrogens (tertiary/aromatic N) is 2. The highest BCUT2D eigenvalue weighted by atomic mass is 14.9. The van der Waals surface area contributed by atoms with E-state index in [0.717, 1.165) is 5.69 Å². The normalized spacial score (nSPS) is 18.3. The van der Waals surface area contributed by atoms with Crippen molar-refractivity contribution < 1.29 is 0 Å². The Balaban J connectivity index is 2.62. The van der Waals surface area contributed by atoms with Crippen molar-refractivity contribution in [2.45, 2.75) is 32.1 Å². The van der Waals surface area contributed by atoms with Gasteiger partial charge in [-0.2, -0.15) is 5.26 Å². The molecule has 0 N–H and O–H groups in total. The Morgan fingerprint density at radius 1 is 1.54 bits per heavy atom. The third kappa shape index (κ3) is 1.07.